The van der Waals surface area contributed by atoms with E-state index in [-0.39, 0.29) is 35.9 Å². The van der Waals surface area contributed by atoms with Crippen LogP contribution in [-0.2, 0) is 20.5 Å². The first-order valence-corrected chi connectivity index (χ1v) is 14.1. The van der Waals surface area contributed by atoms with Gasteiger partial charge < -0.3 is 19.0 Å². The van der Waals surface area contributed by atoms with Gasteiger partial charge in [-0.25, -0.2) is 0 Å². The summed E-state index contributed by atoms with van der Waals surface area (Å²) in [6, 6.07) is 10.2. The Bertz CT molecular complexity index is 678. The third-order valence-electron chi connectivity index (χ3n) is 6.28. The Morgan fingerprint density at radius 2 is 1.77 bits per heavy atom. The van der Waals surface area contributed by atoms with E-state index in [1.165, 1.54) is 0 Å². The van der Waals surface area contributed by atoms with Gasteiger partial charge in [-0.15, -0.1) is 6.58 Å². The molecule has 0 aliphatic rings. The van der Waals surface area contributed by atoms with E-state index < -0.39 is 8.32 Å². The predicted molar refractivity (Wildman–Crippen MR) is 133 cm³/mol. The summed E-state index contributed by atoms with van der Waals surface area (Å²) in [6.45, 7) is 19.9. The van der Waals surface area contributed by atoms with E-state index in [9.17, 15) is 5.11 Å². The van der Waals surface area contributed by atoms with Crippen LogP contribution >= 0.6 is 0 Å². The van der Waals surface area contributed by atoms with E-state index in [1.807, 2.05) is 25.1 Å². The van der Waals surface area contributed by atoms with Gasteiger partial charge in [-0.1, -0.05) is 75.8 Å². The molecule has 5 heteroatoms. The van der Waals surface area contributed by atoms with Gasteiger partial charge in [0.25, 0.3) is 0 Å². The lowest BCUT2D eigenvalue weighted by Crippen LogP contribution is -2.47. The van der Waals surface area contributed by atoms with Gasteiger partial charge in [0.05, 0.1) is 25.4 Å². The molecule has 0 unspecified atom stereocenters. The van der Waals surface area contributed by atoms with Crippen molar-refractivity contribution < 1.29 is 19.0 Å². The van der Waals surface area contributed by atoms with Crippen LogP contribution in [0.2, 0.25) is 18.1 Å². The topological polar surface area (TPSA) is 47.9 Å². The lowest BCUT2D eigenvalue weighted by Gasteiger charge is -2.42. The zero-order valence-corrected chi connectivity index (χ0v) is 21.9. The second kappa shape index (κ2) is 12.7. The van der Waals surface area contributed by atoms with Crippen molar-refractivity contribution in [3.8, 4) is 0 Å². The smallest absolute Gasteiger partial charge is 0.192 e. The van der Waals surface area contributed by atoms with Crippen molar-refractivity contribution in [1.29, 1.82) is 0 Å². The van der Waals surface area contributed by atoms with Gasteiger partial charge in [-0.05, 0) is 36.5 Å². The molecule has 4 atom stereocenters. The second-order valence-corrected chi connectivity index (χ2v) is 14.7. The molecule has 0 heterocycles. The standard InChI is InChI=1S/C26H44O4Si/c1-10-23(28-7)25(29-19-22-14-12-11-13-15-22)17-24(21(3)16-20(2)18-27)30-31(8,9)26(4,5)6/h10-16,21,23-25,27H,1,17-19H2,2-9H3/b20-16+/t21-,23+,24-,25+/m0/s1. The van der Waals surface area contributed by atoms with Crippen LogP contribution in [0.25, 0.3) is 0 Å². The molecule has 0 saturated carbocycles. The molecule has 31 heavy (non-hydrogen) atoms. The molecule has 4 nitrogen and oxygen atoms in total. The van der Waals surface area contributed by atoms with Crippen LogP contribution in [0.5, 0.6) is 0 Å². The molecule has 1 rings (SSSR count). The minimum absolute atomic E-state index is 0.0540. The van der Waals surface area contributed by atoms with Gasteiger partial charge >= 0.3 is 0 Å². The highest BCUT2D eigenvalue weighted by molar-refractivity contribution is 6.74. The van der Waals surface area contributed by atoms with E-state index in [1.54, 1.807) is 13.2 Å². The molecular formula is C26H44O4Si. The molecule has 0 saturated heterocycles. The summed E-state index contributed by atoms with van der Waals surface area (Å²) in [5, 5.41) is 9.62. The zero-order valence-electron chi connectivity index (χ0n) is 20.9. The number of ether oxygens (including phenoxy) is 2. The first-order valence-electron chi connectivity index (χ1n) is 11.2. The summed E-state index contributed by atoms with van der Waals surface area (Å²) in [4.78, 5) is 0. The van der Waals surface area contributed by atoms with Crippen molar-refractivity contribution in [3.05, 3.63) is 60.2 Å². The van der Waals surface area contributed by atoms with Crippen molar-refractivity contribution in [2.24, 2.45) is 5.92 Å². The van der Waals surface area contributed by atoms with Crippen LogP contribution < -0.4 is 0 Å². The van der Waals surface area contributed by atoms with E-state index in [4.69, 9.17) is 13.9 Å². The highest BCUT2D eigenvalue weighted by atomic mass is 28.4. The Balaban J connectivity index is 3.16. The Morgan fingerprint density at radius 1 is 1.16 bits per heavy atom. The highest BCUT2D eigenvalue weighted by Gasteiger charge is 2.41. The zero-order chi connectivity index (χ0) is 23.7. The monoisotopic (exact) mass is 448 g/mol. The molecule has 0 bridgehead atoms. The average molecular weight is 449 g/mol. The predicted octanol–water partition coefficient (Wildman–Crippen LogP) is 6.13. The van der Waals surface area contributed by atoms with Gasteiger partial charge in [-0.3, -0.25) is 0 Å². The molecule has 0 fully saturated rings. The van der Waals surface area contributed by atoms with Crippen LogP contribution in [0.1, 0.15) is 46.6 Å². The maximum Gasteiger partial charge on any atom is 0.192 e. The Hall–Kier alpha value is -1.24. The summed E-state index contributed by atoms with van der Waals surface area (Å²) in [6.07, 6.45) is 4.12. The second-order valence-electron chi connectivity index (χ2n) is 9.95. The Morgan fingerprint density at radius 3 is 2.26 bits per heavy atom. The molecule has 0 amide bonds. The number of hydrogen-bond donors (Lipinski definition) is 1. The summed E-state index contributed by atoms with van der Waals surface area (Å²) in [5.74, 6) is 0.131. The quantitative estimate of drug-likeness (QED) is 0.291. The number of methoxy groups -OCH3 is 1. The number of hydrogen-bond acceptors (Lipinski definition) is 4. The fraction of sp³-hybridized carbons (Fsp3) is 0.615. The minimum atomic E-state index is -2.01. The molecule has 0 spiro atoms. The summed E-state index contributed by atoms with van der Waals surface area (Å²) in [5.41, 5.74) is 2.07. The van der Waals surface area contributed by atoms with Crippen LogP contribution in [0, 0.1) is 5.92 Å². The molecule has 1 N–H and O–H groups in total. The van der Waals surface area contributed by atoms with Crippen LogP contribution in [0.3, 0.4) is 0 Å². The molecule has 176 valence electrons. The summed E-state index contributed by atoms with van der Waals surface area (Å²) >= 11 is 0. The number of aliphatic hydroxyl groups excluding tert-OH is 1. The molecule has 0 aromatic heterocycles. The third-order valence-corrected chi connectivity index (χ3v) is 10.8. The van der Waals surface area contributed by atoms with E-state index in [0.717, 1.165) is 11.1 Å². The minimum Gasteiger partial charge on any atom is -0.413 e. The molecular weight excluding hydrogens is 404 g/mol. The van der Waals surface area contributed by atoms with Crippen molar-refractivity contribution in [2.45, 2.75) is 84.1 Å². The summed E-state index contributed by atoms with van der Waals surface area (Å²) < 4.78 is 18.9. The first-order chi connectivity index (χ1) is 14.4. The van der Waals surface area contributed by atoms with Crippen LogP contribution in [0.4, 0.5) is 0 Å². The molecule has 0 aliphatic heterocycles. The lowest BCUT2D eigenvalue weighted by atomic mass is 9.95. The Kier molecular flexibility index (Phi) is 11.4. The van der Waals surface area contributed by atoms with Crippen molar-refractivity contribution in [1.82, 2.24) is 0 Å². The molecule has 0 radical (unpaired) electrons. The van der Waals surface area contributed by atoms with Crippen LogP contribution in [-0.4, -0.2) is 45.5 Å². The molecule has 1 aromatic carbocycles. The normalized spacial score (nSPS) is 17.1. The SMILES string of the molecule is C=C[C@@H](OC)[C@@H](C[C@H](O[Si](C)(C)C(C)(C)C)[C@@H](C)/C=C(\C)CO)OCc1ccccc1. The van der Waals surface area contributed by atoms with E-state index in [2.05, 4.69) is 65.6 Å². The Labute approximate surface area is 191 Å². The lowest BCUT2D eigenvalue weighted by molar-refractivity contribution is -0.0662. The fourth-order valence-electron chi connectivity index (χ4n) is 3.24. The van der Waals surface area contributed by atoms with E-state index >= 15 is 0 Å². The average Bonchev–Trinajstić information content (AvgIpc) is 2.71. The fourth-order valence-corrected chi connectivity index (χ4v) is 4.66. The number of benzene rings is 1. The van der Waals surface area contributed by atoms with Gasteiger partial charge in [0.1, 0.15) is 6.10 Å². The number of aliphatic hydroxyl groups is 1. The van der Waals surface area contributed by atoms with Gasteiger partial charge in [0, 0.05) is 13.5 Å². The van der Waals surface area contributed by atoms with Gasteiger partial charge in [0.15, 0.2) is 8.32 Å². The summed E-state index contributed by atoms with van der Waals surface area (Å²) in [7, 11) is -0.326. The maximum atomic E-state index is 9.53. The maximum absolute atomic E-state index is 9.53. The van der Waals surface area contributed by atoms with Gasteiger partial charge in [-0.2, -0.15) is 0 Å². The van der Waals surface area contributed by atoms with Crippen molar-refractivity contribution in [2.75, 3.05) is 13.7 Å². The largest absolute Gasteiger partial charge is 0.413 e. The highest BCUT2D eigenvalue weighted by Crippen LogP contribution is 2.39. The molecule has 0 aliphatic carbocycles. The van der Waals surface area contributed by atoms with Crippen molar-refractivity contribution >= 4 is 8.32 Å². The first kappa shape index (κ1) is 27.8. The van der Waals surface area contributed by atoms with E-state index in [0.29, 0.717) is 13.0 Å². The third kappa shape index (κ3) is 9.03. The van der Waals surface area contributed by atoms with Gasteiger partial charge in [0.2, 0.25) is 0 Å². The molecule has 1 aromatic rings. The number of rotatable bonds is 13. The van der Waals surface area contributed by atoms with Crippen LogP contribution in [0.15, 0.2) is 54.6 Å². The van der Waals surface area contributed by atoms with Crippen molar-refractivity contribution in [3.63, 3.8) is 0 Å².